The molecule has 0 fully saturated rings. The highest BCUT2D eigenvalue weighted by Crippen LogP contribution is 2.34. The molecule has 0 atom stereocenters. The number of hydrogen-bond donors (Lipinski definition) is 1. The molecule has 114 valence electrons. The lowest BCUT2D eigenvalue weighted by atomic mass is 10.1. The summed E-state index contributed by atoms with van der Waals surface area (Å²) in [4.78, 5) is 12.0. The van der Waals surface area contributed by atoms with Crippen LogP contribution in [-0.4, -0.2) is 18.5 Å². The van der Waals surface area contributed by atoms with Gasteiger partial charge in [0.05, 0.1) is 5.75 Å². The van der Waals surface area contributed by atoms with Crippen molar-refractivity contribution < 1.29 is 14.3 Å². The van der Waals surface area contributed by atoms with Gasteiger partial charge in [-0.05, 0) is 30.2 Å². The minimum Gasteiger partial charge on any atom is -0.454 e. The lowest BCUT2D eigenvalue weighted by Gasteiger charge is -2.07. The smallest absolute Gasteiger partial charge is 0.234 e. The number of carbonyl (C=O) groups excluding carboxylic acids is 1. The molecule has 1 N–H and O–H groups in total. The van der Waals surface area contributed by atoms with Crippen molar-refractivity contribution in [3.63, 3.8) is 0 Å². The van der Waals surface area contributed by atoms with E-state index in [1.165, 1.54) is 11.1 Å². The molecule has 0 bridgehead atoms. The number of carbonyl (C=O) groups is 1. The van der Waals surface area contributed by atoms with Crippen molar-refractivity contribution in [2.24, 2.45) is 0 Å². The van der Waals surface area contributed by atoms with Crippen LogP contribution in [0.5, 0.6) is 11.5 Å². The van der Waals surface area contributed by atoms with Crippen LogP contribution in [0.3, 0.4) is 0 Å². The Hall–Kier alpha value is -2.14. The molecule has 22 heavy (non-hydrogen) atoms. The maximum absolute atomic E-state index is 12.0. The second-order valence-corrected chi connectivity index (χ2v) is 6.02. The molecule has 1 aliphatic heterocycles. The van der Waals surface area contributed by atoms with Crippen LogP contribution >= 0.6 is 11.8 Å². The number of benzene rings is 2. The van der Waals surface area contributed by atoms with Gasteiger partial charge in [0.1, 0.15) is 0 Å². The van der Waals surface area contributed by atoms with Gasteiger partial charge < -0.3 is 14.8 Å². The van der Waals surface area contributed by atoms with Gasteiger partial charge in [-0.1, -0.05) is 24.3 Å². The summed E-state index contributed by atoms with van der Waals surface area (Å²) in [6, 6.07) is 13.6. The van der Waals surface area contributed by atoms with Crippen LogP contribution in [0.1, 0.15) is 11.1 Å². The fraction of sp³-hybridized carbons (Fsp3) is 0.235. The van der Waals surface area contributed by atoms with E-state index in [2.05, 4.69) is 24.4 Å². The molecule has 3 rings (SSSR count). The summed E-state index contributed by atoms with van der Waals surface area (Å²) in [6.07, 6.45) is 0. The van der Waals surface area contributed by atoms with E-state index >= 15 is 0 Å². The molecule has 5 heteroatoms. The van der Waals surface area contributed by atoms with Crippen molar-refractivity contribution >= 4 is 23.4 Å². The van der Waals surface area contributed by atoms with Crippen LogP contribution in [0, 0.1) is 6.92 Å². The highest BCUT2D eigenvalue weighted by atomic mass is 32.2. The Labute approximate surface area is 133 Å². The van der Waals surface area contributed by atoms with Gasteiger partial charge in [-0.2, -0.15) is 0 Å². The first-order chi connectivity index (χ1) is 10.7. The maximum atomic E-state index is 12.0. The summed E-state index contributed by atoms with van der Waals surface area (Å²) in [5.41, 5.74) is 3.25. The third-order valence-corrected chi connectivity index (χ3v) is 4.39. The van der Waals surface area contributed by atoms with Crippen LogP contribution in [0.25, 0.3) is 0 Å². The van der Waals surface area contributed by atoms with Crippen LogP contribution in [0.2, 0.25) is 0 Å². The SMILES string of the molecule is Cc1ccccc1CSCC(=O)Nc1ccc2c(c1)OCO2. The molecule has 1 aliphatic rings. The number of fused-ring (bicyclic) bond motifs is 1. The van der Waals surface area contributed by atoms with Crippen LogP contribution in [-0.2, 0) is 10.5 Å². The summed E-state index contributed by atoms with van der Waals surface area (Å²) in [7, 11) is 0. The average Bonchev–Trinajstić information content (AvgIpc) is 2.97. The Bertz CT molecular complexity index is 687. The van der Waals surface area contributed by atoms with Crippen molar-refractivity contribution in [2.45, 2.75) is 12.7 Å². The Kier molecular flexibility index (Phi) is 4.53. The zero-order valence-corrected chi connectivity index (χ0v) is 13.1. The van der Waals surface area contributed by atoms with E-state index in [1.807, 2.05) is 18.2 Å². The largest absolute Gasteiger partial charge is 0.454 e. The number of anilines is 1. The summed E-state index contributed by atoms with van der Waals surface area (Å²) in [5.74, 6) is 2.62. The fourth-order valence-electron chi connectivity index (χ4n) is 2.20. The number of amides is 1. The minimum atomic E-state index is -0.0163. The van der Waals surface area contributed by atoms with Crippen LogP contribution in [0.15, 0.2) is 42.5 Å². The van der Waals surface area contributed by atoms with Gasteiger partial charge in [-0.15, -0.1) is 11.8 Å². The van der Waals surface area contributed by atoms with Gasteiger partial charge >= 0.3 is 0 Å². The first-order valence-corrected chi connectivity index (χ1v) is 8.19. The van der Waals surface area contributed by atoms with Gasteiger partial charge in [0, 0.05) is 17.5 Å². The predicted octanol–water partition coefficient (Wildman–Crippen LogP) is 3.60. The second-order valence-electron chi connectivity index (χ2n) is 5.04. The molecule has 0 spiro atoms. The Balaban J connectivity index is 1.49. The summed E-state index contributed by atoms with van der Waals surface area (Å²) >= 11 is 1.61. The first kappa shape index (κ1) is 14.8. The molecule has 4 nitrogen and oxygen atoms in total. The van der Waals surface area contributed by atoms with E-state index in [0.29, 0.717) is 17.3 Å². The van der Waals surface area contributed by atoms with E-state index in [-0.39, 0.29) is 12.7 Å². The van der Waals surface area contributed by atoms with Crippen molar-refractivity contribution in [1.29, 1.82) is 0 Å². The van der Waals surface area contributed by atoms with Crippen molar-refractivity contribution in [3.05, 3.63) is 53.6 Å². The van der Waals surface area contributed by atoms with Crippen molar-refractivity contribution in [1.82, 2.24) is 0 Å². The van der Waals surface area contributed by atoms with Crippen molar-refractivity contribution in [2.75, 3.05) is 17.9 Å². The summed E-state index contributed by atoms with van der Waals surface area (Å²) < 4.78 is 10.5. The lowest BCUT2D eigenvalue weighted by molar-refractivity contribution is -0.113. The molecule has 0 radical (unpaired) electrons. The van der Waals surface area contributed by atoms with E-state index in [0.717, 1.165) is 11.4 Å². The number of thioether (sulfide) groups is 1. The molecule has 2 aromatic rings. The van der Waals surface area contributed by atoms with Gasteiger partial charge in [0.2, 0.25) is 12.7 Å². The average molecular weight is 315 g/mol. The van der Waals surface area contributed by atoms with Crippen LogP contribution < -0.4 is 14.8 Å². The van der Waals surface area contributed by atoms with Gasteiger partial charge in [-0.3, -0.25) is 4.79 Å². The fourth-order valence-corrected chi connectivity index (χ4v) is 3.10. The number of aryl methyl sites for hydroxylation is 1. The summed E-state index contributed by atoms with van der Waals surface area (Å²) in [6.45, 7) is 2.32. The molecule has 1 heterocycles. The normalized spacial score (nSPS) is 12.2. The molecule has 1 amide bonds. The summed E-state index contributed by atoms with van der Waals surface area (Å²) in [5, 5.41) is 2.88. The topological polar surface area (TPSA) is 47.6 Å². The number of rotatable bonds is 5. The molecule has 0 unspecified atom stereocenters. The number of hydrogen-bond acceptors (Lipinski definition) is 4. The first-order valence-electron chi connectivity index (χ1n) is 7.04. The molecular weight excluding hydrogens is 298 g/mol. The highest BCUT2D eigenvalue weighted by Gasteiger charge is 2.14. The monoisotopic (exact) mass is 315 g/mol. The zero-order valence-electron chi connectivity index (χ0n) is 12.3. The van der Waals surface area contributed by atoms with E-state index < -0.39 is 0 Å². The Morgan fingerprint density at radius 1 is 1.18 bits per heavy atom. The number of ether oxygens (including phenoxy) is 2. The third kappa shape index (κ3) is 3.54. The molecule has 2 aromatic carbocycles. The number of nitrogens with one attached hydrogen (secondary N) is 1. The molecule has 0 aliphatic carbocycles. The van der Waals surface area contributed by atoms with Crippen molar-refractivity contribution in [3.8, 4) is 11.5 Å². The molecule has 0 saturated carbocycles. The van der Waals surface area contributed by atoms with E-state index in [9.17, 15) is 4.79 Å². The minimum absolute atomic E-state index is 0.0163. The molecule has 0 aromatic heterocycles. The highest BCUT2D eigenvalue weighted by molar-refractivity contribution is 7.99. The van der Waals surface area contributed by atoms with Crippen LogP contribution in [0.4, 0.5) is 5.69 Å². The van der Waals surface area contributed by atoms with Gasteiger partial charge in [0.25, 0.3) is 0 Å². The zero-order chi connectivity index (χ0) is 15.4. The Morgan fingerprint density at radius 2 is 2.00 bits per heavy atom. The Morgan fingerprint density at radius 3 is 2.86 bits per heavy atom. The standard InChI is InChI=1S/C17H17NO3S/c1-12-4-2-3-5-13(12)9-22-10-17(19)18-14-6-7-15-16(8-14)21-11-20-15/h2-8H,9-11H2,1H3,(H,18,19). The molecular formula is C17H17NO3S. The predicted molar refractivity (Wildman–Crippen MR) is 88.5 cm³/mol. The molecule has 0 saturated heterocycles. The van der Waals surface area contributed by atoms with Gasteiger partial charge in [0.15, 0.2) is 11.5 Å². The van der Waals surface area contributed by atoms with E-state index in [4.69, 9.17) is 9.47 Å². The third-order valence-electron chi connectivity index (χ3n) is 3.41. The maximum Gasteiger partial charge on any atom is 0.234 e. The quantitative estimate of drug-likeness (QED) is 0.916. The lowest BCUT2D eigenvalue weighted by Crippen LogP contribution is -2.14. The van der Waals surface area contributed by atoms with Gasteiger partial charge in [-0.25, -0.2) is 0 Å². The van der Waals surface area contributed by atoms with E-state index in [1.54, 1.807) is 23.9 Å². The second kappa shape index (κ2) is 6.75.